The van der Waals surface area contributed by atoms with Crippen molar-refractivity contribution in [1.82, 2.24) is 25.3 Å². The summed E-state index contributed by atoms with van der Waals surface area (Å²) in [7, 11) is 0. The van der Waals surface area contributed by atoms with Gasteiger partial charge in [0.05, 0.1) is 25.2 Å². The molecule has 0 radical (unpaired) electrons. The van der Waals surface area contributed by atoms with E-state index in [1.807, 2.05) is 0 Å². The molecule has 0 unspecified atom stereocenters. The van der Waals surface area contributed by atoms with Crippen LogP contribution in [0.3, 0.4) is 0 Å². The molecule has 30 heavy (non-hydrogen) atoms. The number of piperidine rings is 1. The van der Waals surface area contributed by atoms with Gasteiger partial charge in [0.1, 0.15) is 0 Å². The molecule has 5 rings (SSSR count). The number of fused-ring (bicyclic) bond motifs is 1. The highest BCUT2D eigenvalue weighted by atomic mass is 16.5. The number of aromatic nitrogens is 2. The Morgan fingerprint density at radius 2 is 2.03 bits per heavy atom. The van der Waals surface area contributed by atoms with Gasteiger partial charge in [0.25, 0.3) is 0 Å². The van der Waals surface area contributed by atoms with Gasteiger partial charge < -0.3 is 19.5 Å². The number of likely N-dealkylation sites (tertiary alicyclic amines) is 1. The van der Waals surface area contributed by atoms with Crippen molar-refractivity contribution in [1.29, 1.82) is 0 Å². The highest BCUT2D eigenvalue weighted by Gasteiger charge is 2.52. The molecule has 0 bridgehead atoms. The van der Waals surface area contributed by atoms with Gasteiger partial charge in [0, 0.05) is 31.6 Å². The zero-order valence-corrected chi connectivity index (χ0v) is 18.1. The second kappa shape index (κ2) is 8.55. The zero-order valence-electron chi connectivity index (χ0n) is 18.1. The number of carbonyl (C=O) groups excluding carboxylic acids is 1. The summed E-state index contributed by atoms with van der Waals surface area (Å²) in [4.78, 5) is 23.1. The first-order valence-corrected chi connectivity index (χ1v) is 11.8. The standard InChI is InChI=1S/C22H35N5O3/c1-2-26-8-6-17-13-18(27-9-11-29-12-10-27)5-7-22(17,15-26)21(28)23-14-19-24-20(30-25-19)16-3-4-16/h16-18H,2-15H2,1H3,(H,23,28)/t17-,18+,22-/m1/s1. The molecule has 2 aliphatic carbocycles. The minimum Gasteiger partial charge on any atom is -0.379 e. The van der Waals surface area contributed by atoms with Crippen molar-refractivity contribution < 1.29 is 14.1 Å². The van der Waals surface area contributed by atoms with Crippen LogP contribution in [0.2, 0.25) is 0 Å². The Labute approximate surface area is 178 Å². The number of nitrogens with zero attached hydrogens (tertiary/aromatic N) is 4. The Kier molecular flexibility index (Phi) is 5.82. The zero-order chi connectivity index (χ0) is 20.6. The first kappa shape index (κ1) is 20.4. The van der Waals surface area contributed by atoms with Crippen LogP contribution in [0.15, 0.2) is 4.52 Å². The van der Waals surface area contributed by atoms with Crippen LogP contribution >= 0.6 is 0 Å². The van der Waals surface area contributed by atoms with Crippen LogP contribution in [-0.2, 0) is 16.1 Å². The van der Waals surface area contributed by atoms with Crippen LogP contribution in [0.25, 0.3) is 0 Å². The Balaban J connectivity index is 1.26. The molecule has 0 spiro atoms. The predicted octanol–water partition coefficient (Wildman–Crippen LogP) is 1.78. The fraction of sp³-hybridized carbons (Fsp3) is 0.864. The van der Waals surface area contributed by atoms with E-state index in [4.69, 9.17) is 9.26 Å². The molecule has 1 N–H and O–H groups in total. The fourth-order valence-electron chi connectivity index (χ4n) is 5.80. The summed E-state index contributed by atoms with van der Waals surface area (Å²) >= 11 is 0. The molecule has 2 saturated carbocycles. The third kappa shape index (κ3) is 4.01. The number of carbonyl (C=O) groups is 1. The minimum absolute atomic E-state index is 0.184. The molecular weight excluding hydrogens is 382 g/mol. The van der Waals surface area contributed by atoms with Gasteiger partial charge in [0.15, 0.2) is 5.82 Å². The summed E-state index contributed by atoms with van der Waals surface area (Å²) in [6.45, 7) is 9.26. The first-order chi connectivity index (χ1) is 14.7. The average Bonchev–Trinajstić information content (AvgIpc) is 3.55. The number of rotatable bonds is 6. The van der Waals surface area contributed by atoms with E-state index in [-0.39, 0.29) is 11.3 Å². The highest BCUT2D eigenvalue weighted by Crippen LogP contribution is 2.48. The average molecular weight is 418 g/mol. The van der Waals surface area contributed by atoms with E-state index in [9.17, 15) is 4.79 Å². The van der Waals surface area contributed by atoms with Crippen LogP contribution in [0, 0.1) is 11.3 Å². The Morgan fingerprint density at radius 1 is 1.20 bits per heavy atom. The fourth-order valence-corrected chi connectivity index (χ4v) is 5.80. The smallest absolute Gasteiger partial charge is 0.229 e. The normalized spacial score (nSPS) is 33.2. The summed E-state index contributed by atoms with van der Waals surface area (Å²) in [6.07, 6.45) is 6.55. The molecule has 8 nitrogen and oxygen atoms in total. The predicted molar refractivity (Wildman–Crippen MR) is 111 cm³/mol. The molecule has 4 aliphatic rings. The summed E-state index contributed by atoms with van der Waals surface area (Å²) in [5.74, 6) is 2.40. The van der Waals surface area contributed by atoms with E-state index in [1.54, 1.807) is 0 Å². The Hall–Kier alpha value is -1.51. The van der Waals surface area contributed by atoms with Crippen LogP contribution in [0.1, 0.15) is 63.1 Å². The van der Waals surface area contributed by atoms with Gasteiger partial charge in [-0.15, -0.1) is 0 Å². The van der Waals surface area contributed by atoms with Crippen molar-refractivity contribution in [3.63, 3.8) is 0 Å². The molecule has 1 amide bonds. The van der Waals surface area contributed by atoms with E-state index < -0.39 is 0 Å². The van der Waals surface area contributed by atoms with Crippen LogP contribution in [0.5, 0.6) is 0 Å². The number of morpholine rings is 1. The molecule has 4 fully saturated rings. The van der Waals surface area contributed by atoms with Crippen LogP contribution in [-0.4, -0.2) is 77.8 Å². The van der Waals surface area contributed by atoms with Crippen LogP contribution < -0.4 is 5.32 Å². The Morgan fingerprint density at radius 3 is 2.80 bits per heavy atom. The van der Waals surface area contributed by atoms with Gasteiger partial charge in [-0.05, 0) is 57.5 Å². The first-order valence-electron chi connectivity index (χ1n) is 11.8. The lowest BCUT2D eigenvalue weighted by molar-refractivity contribution is -0.145. The third-order valence-electron chi connectivity index (χ3n) is 7.84. The van der Waals surface area contributed by atoms with Crippen molar-refractivity contribution in [2.45, 2.75) is 64.0 Å². The second-order valence-corrected chi connectivity index (χ2v) is 9.59. The van der Waals surface area contributed by atoms with Crippen molar-refractivity contribution in [2.75, 3.05) is 45.9 Å². The van der Waals surface area contributed by atoms with E-state index in [0.29, 0.717) is 30.2 Å². The maximum absolute atomic E-state index is 13.6. The SMILES string of the molecule is CCN1CC[C@@H]2C[C@@H](N3CCOCC3)CC[C@@]2(C(=O)NCc2noc(C3CC3)n2)C1. The second-order valence-electron chi connectivity index (χ2n) is 9.59. The molecule has 1 aromatic heterocycles. The summed E-state index contributed by atoms with van der Waals surface area (Å²) in [5, 5.41) is 7.26. The summed E-state index contributed by atoms with van der Waals surface area (Å²) < 4.78 is 10.9. The summed E-state index contributed by atoms with van der Waals surface area (Å²) in [6, 6.07) is 0.589. The minimum atomic E-state index is -0.292. The molecule has 2 saturated heterocycles. The van der Waals surface area contributed by atoms with E-state index in [1.165, 1.54) is 0 Å². The largest absolute Gasteiger partial charge is 0.379 e. The number of amides is 1. The molecule has 1 aromatic rings. The quantitative estimate of drug-likeness (QED) is 0.755. The van der Waals surface area contributed by atoms with Gasteiger partial charge in [-0.3, -0.25) is 9.69 Å². The molecule has 166 valence electrons. The molecule has 0 aromatic carbocycles. The van der Waals surface area contributed by atoms with Crippen molar-refractivity contribution in [2.24, 2.45) is 11.3 Å². The monoisotopic (exact) mass is 417 g/mol. The van der Waals surface area contributed by atoms with Crippen molar-refractivity contribution in [3.8, 4) is 0 Å². The number of hydrogen-bond acceptors (Lipinski definition) is 7. The third-order valence-corrected chi connectivity index (χ3v) is 7.84. The highest BCUT2D eigenvalue weighted by molar-refractivity contribution is 5.83. The van der Waals surface area contributed by atoms with Gasteiger partial charge in [-0.2, -0.15) is 4.98 Å². The molecule has 3 heterocycles. The Bertz CT molecular complexity index is 745. The van der Waals surface area contributed by atoms with Gasteiger partial charge in [-0.1, -0.05) is 12.1 Å². The maximum Gasteiger partial charge on any atom is 0.229 e. The molecule has 2 aliphatic heterocycles. The molecular formula is C22H35N5O3. The van der Waals surface area contributed by atoms with E-state index >= 15 is 0 Å². The van der Waals surface area contributed by atoms with E-state index in [0.717, 1.165) is 90.4 Å². The van der Waals surface area contributed by atoms with Gasteiger partial charge in [0.2, 0.25) is 11.8 Å². The van der Waals surface area contributed by atoms with Gasteiger partial charge >= 0.3 is 0 Å². The van der Waals surface area contributed by atoms with Gasteiger partial charge in [-0.25, -0.2) is 0 Å². The number of nitrogens with one attached hydrogen (secondary N) is 1. The van der Waals surface area contributed by atoms with Crippen molar-refractivity contribution in [3.05, 3.63) is 11.7 Å². The molecule has 8 heteroatoms. The lowest BCUT2D eigenvalue weighted by Gasteiger charge is -2.53. The topological polar surface area (TPSA) is 83.7 Å². The number of ether oxygens (including phenoxy) is 1. The number of hydrogen-bond donors (Lipinski definition) is 1. The molecule has 3 atom stereocenters. The maximum atomic E-state index is 13.6. The lowest BCUT2D eigenvalue weighted by atomic mass is 9.61. The van der Waals surface area contributed by atoms with E-state index in [2.05, 4.69) is 32.2 Å². The van der Waals surface area contributed by atoms with Crippen LogP contribution in [0.4, 0.5) is 0 Å². The lowest BCUT2D eigenvalue weighted by Crippen LogP contribution is -2.60. The summed E-state index contributed by atoms with van der Waals surface area (Å²) in [5.41, 5.74) is -0.292. The van der Waals surface area contributed by atoms with Crippen molar-refractivity contribution >= 4 is 5.91 Å².